The predicted octanol–water partition coefficient (Wildman–Crippen LogP) is 5.08. The lowest BCUT2D eigenvalue weighted by molar-refractivity contribution is -0.140. The molecule has 46 heavy (non-hydrogen) atoms. The van der Waals surface area contributed by atoms with Crippen molar-refractivity contribution in [3.05, 3.63) is 47.4 Å². The fourth-order valence-electron chi connectivity index (χ4n) is 4.13. The van der Waals surface area contributed by atoms with Gasteiger partial charge in [-0.15, -0.1) is 11.3 Å². The van der Waals surface area contributed by atoms with Gasteiger partial charge in [-0.05, 0) is 57.4 Å². The number of rotatable bonds is 8. The van der Waals surface area contributed by atoms with Crippen LogP contribution in [0.1, 0.15) is 57.7 Å². The van der Waals surface area contributed by atoms with E-state index in [1.165, 1.54) is 37.6 Å². The topological polar surface area (TPSA) is 168 Å². The van der Waals surface area contributed by atoms with Gasteiger partial charge in [-0.25, -0.2) is 19.6 Å². The average molecular weight is 665 g/mol. The van der Waals surface area contributed by atoms with Gasteiger partial charge in [0.15, 0.2) is 5.69 Å². The number of ether oxygens (including phenoxy) is 1. The molecule has 3 aromatic rings. The van der Waals surface area contributed by atoms with Crippen LogP contribution in [0.4, 0.5) is 28.6 Å². The molecule has 0 spiro atoms. The molecule has 0 aromatic carbocycles. The van der Waals surface area contributed by atoms with Crippen LogP contribution in [-0.4, -0.2) is 69.0 Å². The van der Waals surface area contributed by atoms with Crippen molar-refractivity contribution in [3.8, 4) is 21.7 Å². The van der Waals surface area contributed by atoms with Crippen molar-refractivity contribution in [3.63, 3.8) is 0 Å². The molecule has 5 amide bonds. The summed E-state index contributed by atoms with van der Waals surface area (Å²) in [6.07, 6.45) is -2.77. The molecule has 248 valence electrons. The highest BCUT2D eigenvalue weighted by molar-refractivity contribution is 7.13. The molecular weight excluding hydrogens is 629 g/mol. The van der Waals surface area contributed by atoms with E-state index in [-0.39, 0.29) is 28.0 Å². The second kappa shape index (κ2) is 14.5. The van der Waals surface area contributed by atoms with Crippen molar-refractivity contribution in [1.82, 2.24) is 36.0 Å². The third-order valence-corrected chi connectivity index (χ3v) is 6.99. The molecule has 3 heterocycles. The number of carbonyl (C=O) groups excluding carboxylic acids is 4. The Morgan fingerprint density at radius 2 is 1.74 bits per heavy atom. The van der Waals surface area contributed by atoms with Crippen molar-refractivity contribution in [1.29, 1.82) is 0 Å². The van der Waals surface area contributed by atoms with E-state index in [0.717, 1.165) is 21.6 Å². The molecule has 17 heteroatoms. The fraction of sp³-hybridized carbons (Fsp3) is 0.414. The zero-order chi connectivity index (χ0) is 34.4. The Hall–Kier alpha value is -4.80. The van der Waals surface area contributed by atoms with Gasteiger partial charge >= 0.3 is 18.3 Å². The first-order valence-corrected chi connectivity index (χ1v) is 14.9. The molecule has 0 aliphatic rings. The largest absolute Gasteiger partial charge is 0.444 e. The van der Waals surface area contributed by atoms with E-state index in [2.05, 4.69) is 36.4 Å². The summed E-state index contributed by atoms with van der Waals surface area (Å²) in [5.41, 5.74) is 3.41. The molecule has 0 saturated heterocycles. The van der Waals surface area contributed by atoms with Gasteiger partial charge in [0.2, 0.25) is 0 Å². The van der Waals surface area contributed by atoms with Crippen LogP contribution in [0.25, 0.3) is 21.7 Å². The summed E-state index contributed by atoms with van der Waals surface area (Å²) >= 11 is 0.743. The summed E-state index contributed by atoms with van der Waals surface area (Å²) < 4.78 is 45.4. The zero-order valence-corrected chi connectivity index (χ0v) is 27.0. The van der Waals surface area contributed by atoms with Crippen LogP contribution < -0.4 is 21.5 Å². The number of halogens is 3. The summed E-state index contributed by atoms with van der Waals surface area (Å²) in [4.78, 5) is 63.8. The molecule has 4 N–H and O–H groups in total. The first-order chi connectivity index (χ1) is 21.4. The molecular formula is C29H35F3N8O5S. The fourth-order valence-corrected chi connectivity index (χ4v) is 4.99. The van der Waals surface area contributed by atoms with E-state index in [1.807, 2.05) is 0 Å². The van der Waals surface area contributed by atoms with E-state index < -0.39 is 47.5 Å². The molecule has 0 aliphatic heterocycles. The van der Waals surface area contributed by atoms with Gasteiger partial charge in [-0.1, -0.05) is 13.8 Å². The van der Waals surface area contributed by atoms with Gasteiger partial charge in [0.05, 0.1) is 0 Å². The van der Waals surface area contributed by atoms with Crippen LogP contribution in [0.15, 0.2) is 36.0 Å². The van der Waals surface area contributed by atoms with Gasteiger partial charge < -0.3 is 10.1 Å². The standard InChI is InChI=1S/C29H35F3N8O5S/c1-8-33-26(43)37-21-12-17(25-36-20(14-46-25)29(30,31)32)18(13-35-21)16-9-10-34-19(11-16)23(41)38-39-24(42)22(15(2)3)40(7)27(44)45-28(4,5)6/h9-15,22H,8H2,1-7H3,(H,38,41)(H,39,42)(H2,33,35,37,43)/t22-/m0/s1. The highest BCUT2D eigenvalue weighted by atomic mass is 32.1. The Morgan fingerprint density at radius 1 is 1.04 bits per heavy atom. The monoisotopic (exact) mass is 664 g/mol. The van der Waals surface area contributed by atoms with Gasteiger partial charge in [0.25, 0.3) is 11.8 Å². The van der Waals surface area contributed by atoms with Gasteiger partial charge in [0, 0.05) is 42.5 Å². The van der Waals surface area contributed by atoms with Crippen molar-refractivity contribution < 1.29 is 37.1 Å². The quantitative estimate of drug-likeness (QED) is 0.242. The Labute approximate surface area is 267 Å². The van der Waals surface area contributed by atoms with E-state index in [1.54, 1.807) is 41.5 Å². The number of carbonyl (C=O) groups is 4. The molecule has 0 saturated carbocycles. The highest BCUT2D eigenvalue weighted by Crippen LogP contribution is 2.38. The summed E-state index contributed by atoms with van der Waals surface area (Å²) in [5.74, 6) is -1.79. The van der Waals surface area contributed by atoms with Gasteiger partial charge in [-0.3, -0.25) is 35.6 Å². The lowest BCUT2D eigenvalue weighted by atomic mass is 10.0. The number of thiazole rings is 1. The number of hydrogen-bond donors (Lipinski definition) is 4. The van der Waals surface area contributed by atoms with Crippen molar-refractivity contribution in [2.75, 3.05) is 18.9 Å². The molecule has 0 unspecified atom stereocenters. The average Bonchev–Trinajstić information content (AvgIpc) is 3.46. The Morgan fingerprint density at radius 3 is 2.33 bits per heavy atom. The van der Waals surface area contributed by atoms with Crippen molar-refractivity contribution in [2.45, 2.75) is 59.4 Å². The number of nitrogens with zero attached hydrogens (tertiary/aromatic N) is 4. The van der Waals surface area contributed by atoms with Crippen molar-refractivity contribution >= 4 is 41.1 Å². The summed E-state index contributed by atoms with van der Waals surface area (Å²) in [7, 11) is 1.41. The maximum Gasteiger partial charge on any atom is 0.434 e. The number of aromatic nitrogens is 3. The number of hydrogen-bond acceptors (Lipinski definition) is 9. The summed E-state index contributed by atoms with van der Waals surface area (Å²) in [6.45, 7) is 10.6. The first kappa shape index (κ1) is 35.7. The predicted molar refractivity (Wildman–Crippen MR) is 165 cm³/mol. The first-order valence-electron chi connectivity index (χ1n) is 14.0. The minimum atomic E-state index is -4.67. The number of likely N-dealkylation sites (N-methyl/N-ethyl adjacent to an activating group) is 1. The number of nitrogens with one attached hydrogen (secondary N) is 4. The van der Waals surface area contributed by atoms with Gasteiger partial charge in [0.1, 0.15) is 28.2 Å². The zero-order valence-electron chi connectivity index (χ0n) is 26.2. The van der Waals surface area contributed by atoms with Crippen LogP contribution in [0.3, 0.4) is 0 Å². The van der Waals surface area contributed by atoms with E-state index in [9.17, 15) is 32.3 Å². The second-order valence-corrected chi connectivity index (χ2v) is 12.1. The van der Waals surface area contributed by atoms with Crippen LogP contribution in [0.5, 0.6) is 0 Å². The number of hydrazine groups is 1. The normalized spacial score (nSPS) is 12.2. The molecule has 0 bridgehead atoms. The molecule has 3 aromatic heterocycles. The summed E-state index contributed by atoms with van der Waals surface area (Å²) in [5, 5.41) is 5.91. The number of anilines is 1. The number of urea groups is 1. The van der Waals surface area contributed by atoms with Crippen molar-refractivity contribution in [2.24, 2.45) is 5.92 Å². The lowest BCUT2D eigenvalue weighted by Gasteiger charge is -2.32. The molecule has 0 radical (unpaired) electrons. The smallest absolute Gasteiger partial charge is 0.434 e. The van der Waals surface area contributed by atoms with E-state index in [4.69, 9.17) is 4.74 Å². The molecule has 0 fully saturated rings. The highest BCUT2D eigenvalue weighted by Gasteiger charge is 2.35. The minimum Gasteiger partial charge on any atom is -0.444 e. The third kappa shape index (κ3) is 9.35. The Balaban J connectivity index is 1.88. The minimum absolute atomic E-state index is 0.00686. The number of pyridine rings is 2. The van der Waals surface area contributed by atoms with Crippen LogP contribution in [0.2, 0.25) is 0 Å². The van der Waals surface area contributed by atoms with Crippen LogP contribution in [0, 0.1) is 5.92 Å². The molecule has 13 nitrogen and oxygen atoms in total. The lowest BCUT2D eigenvalue weighted by Crippen LogP contribution is -2.55. The van der Waals surface area contributed by atoms with Crippen LogP contribution >= 0.6 is 11.3 Å². The number of alkyl halides is 3. The maximum atomic E-state index is 13.3. The molecule has 1 atom stereocenters. The Kier molecular flexibility index (Phi) is 11.3. The molecule has 3 rings (SSSR count). The second-order valence-electron chi connectivity index (χ2n) is 11.3. The Bertz CT molecular complexity index is 1590. The van der Waals surface area contributed by atoms with Crippen LogP contribution in [-0.2, 0) is 15.7 Å². The van der Waals surface area contributed by atoms with E-state index >= 15 is 0 Å². The van der Waals surface area contributed by atoms with Gasteiger partial charge in [-0.2, -0.15) is 13.2 Å². The maximum absolute atomic E-state index is 13.3. The van der Waals surface area contributed by atoms with E-state index in [0.29, 0.717) is 17.7 Å². The number of amides is 5. The third-order valence-electron chi connectivity index (χ3n) is 6.11. The SMILES string of the molecule is CCNC(=O)Nc1cc(-c2nc(C(F)(F)F)cs2)c(-c2ccnc(C(=O)NNC(=O)[C@H](C(C)C)N(C)C(=O)OC(C)(C)C)c2)cn1. The summed E-state index contributed by atoms with van der Waals surface area (Å²) in [6, 6.07) is 2.68. The molecule has 0 aliphatic carbocycles.